The minimum absolute atomic E-state index is 0.208. The van der Waals surface area contributed by atoms with Crippen LogP contribution in [0.5, 0.6) is 11.5 Å². The number of fused-ring (bicyclic) bond motifs is 1. The average molecular weight is 332 g/mol. The van der Waals surface area contributed by atoms with Crippen LogP contribution in [0.3, 0.4) is 0 Å². The first-order valence-electron chi connectivity index (χ1n) is 6.89. The minimum Gasteiger partial charge on any atom is -0.497 e. The number of nitrogens with one attached hydrogen (secondary N) is 1. The van der Waals surface area contributed by atoms with Crippen LogP contribution in [0, 0.1) is 13.8 Å². The largest absolute Gasteiger partial charge is 0.497 e. The zero-order chi connectivity index (χ0) is 16.6. The summed E-state index contributed by atoms with van der Waals surface area (Å²) in [4.78, 5) is 13.9. The van der Waals surface area contributed by atoms with Gasteiger partial charge in [0.25, 0.3) is 5.91 Å². The van der Waals surface area contributed by atoms with Crippen LogP contribution in [-0.4, -0.2) is 34.7 Å². The summed E-state index contributed by atoms with van der Waals surface area (Å²) in [5, 5.41) is 10.9. The molecule has 0 radical (unpaired) electrons. The molecule has 0 saturated heterocycles. The molecule has 0 bridgehead atoms. The molecule has 0 unspecified atom stereocenters. The van der Waals surface area contributed by atoms with Gasteiger partial charge in [-0.1, -0.05) is 11.3 Å². The predicted octanol–water partition coefficient (Wildman–Crippen LogP) is 2.68. The van der Waals surface area contributed by atoms with Crippen molar-refractivity contribution in [1.82, 2.24) is 14.6 Å². The second-order valence-corrected chi connectivity index (χ2v) is 5.88. The number of aromatic nitrogens is 3. The third-order valence-corrected chi connectivity index (χ3v) is 4.65. The van der Waals surface area contributed by atoms with E-state index in [2.05, 4.69) is 15.5 Å². The second kappa shape index (κ2) is 5.88. The summed E-state index contributed by atoms with van der Waals surface area (Å²) in [6, 6.07) is 5.23. The Morgan fingerprint density at radius 2 is 2.00 bits per heavy atom. The molecule has 3 aromatic rings. The summed E-state index contributed by atoms with van der Waals surface area (Å²) in [6.07, 6.45) is 0. The Morgan fingerprint density at radius 3 is 2.65 bits per heavy atom. The minimum atomic E-state index is -0.208. The van der Waals surface area contributed by atoms with Crippen LogP contribution in [0.25, 0.3) is 4.96 Å². The number of hydrogen-bond donors (Lipinski definition) is 1. The Balaban J connectivity index is 1.93. The average Bonchev–Trinajstić information content (AvgIpc) is 3.08. The number of ether oxygens (including phenoxy) is 2. The quantitative estimate of drug-likeness (QED) is 0.795. The zero-order valence-corrected chi connectivity index (χ0v) is 14.0. The second-order valence-electron chi connectivity index (χ2n) is 4.90. The molecule has 0 spiro atoms. The van der Waals surface area contributed by atoms with Crippen LogP contribution in [0.2, 0.25) is 0 Å². The van der Waals surface area contributed by atoms with E-state index in [0.29, 0.717) is 27.0 Å². The van der Waals surface area contributed by atoms with E-state index in [4.69, 9.17) is 9.47 Å². The third-order valence-electron chi connectivity index (χ3n) is 3.52. The van der Waals surface area contributed by atoms with Crippen LogP contribution in [0.4, 0.5) is 5.69 Å². The van der Waals surface area contributed by atoms with Crippen molar-refractivity contribution in [1.29, 1.82) is 0 Å². The van der Waals surface area contributed by atoms with E-state index in [0.717, 1.165) is 11.5 Å². The van der Waals surface area contributed by atoms with Crippen LogP contribution >= 0.6 is 11.3 Å². The molecule has 1 aromatic carbocycles. The number of nitrogens with zero attached hydrogens (tertiary/aromatic N) is 3. The van der Waals surface area contributed by atoms with Gasteiger partial charge >= 0.3 is 0 Å². The summed E-state index contributed by atoms with van der Waals surface area (Å²) in [6.45, 7) is 3.73. The molecular weight excluding hydrogens is 316 g/mol. The Morgan fingerprint density at radius 1 is 1.22 bits per heavy atom. The lowest BCUT2D eigenvalue weighted by atomic mass is 10.2. The van der Waals surface area contributed by atoms with Gasteiger partial charge in [-0.15, -0.1) is 10.2 Å². The highest BCUT2D eigenvalue weighted by molar-refractivity contribution is 7.19. The van der Waals surface area contributed by atoms with Crippen molar-refractivity contribution in [2.24, 2.45) is 0 Å². The molecule has 1 N–H and O–H groups in total. The van der Waals surface area contributed by atoms with Crippen molar-refractivity contribution >= 4 is 27.9 Å². The highest BCUT2D eigenvalue weighted by Crippen LogP contribution is 2.30. The van der Waals surface area contributed by atoms with Gasteiger partial charge in [-0.2, -0.15) is 0 Å². The predicted molar refractivity (Wildman–Crippen MR) is 87.8 cm³/mol. The monoisotopic (exact) mass is 332 g/mol. The number of carbonyl (C=O) groups is 1. The van der Waals surface area contributed by atoms with Crippen LogP contribution in [-0.2, 0) is 0 Å². The molecule has 0 atom stereocenters. The maximum Gasteiger partial charge on any atom is 0.267 e. The van der Waals surface area contributed by atoms with Gasteiger partial charge < -0.3 is 14.8 Å². The van der Waals surface area contributed by atoms with E-state index in [1.165, 1.54) is 11.3 Å². The fourth-order valence-corrected chi connectivity index (χ4v) is 3.36. The van der Waals surface area contributed by atoms with Crippen molar-refractivity contribution in [3.63, 3.8) is 0 Å². The first kappa shape index (κ1) is 15.3. The molecule has 0 aliphatic carbocycles. The van der Waals surface area contributed by atoms with E-state index in [9.17, 15) is 4.79 Å². The number of anilines is 1. The van der Waals surface area contributed by atoms with Crippen molar-refractivity contribution in [2.75, 3.05) is 19.5 Å². The van der Waals surface area contributed by atoms with E-state index >= 15 is 0 Å². The van der Waals surface area contributed by atoms with E-state index in [1.807, 2.05) is 18.2 Å². The smallest absolute Gasteiger partial charge is 0.267 e. The molecule has 0 aliphatic rings. The van der Waals surface area contributed by atoms with Gasteiger partial charge in [0.2, 0.25) is 4.96 Å². The summed E-state index contributed by atoms with van der Waals surface area (Å²) in [5.41, 5.74) is 1.40. The molecule has 0 aliphatic heterocycles. The first-order valence-corrected chi connectivity index (χ1v) is 7.71. The molecule has 2 aromatic heterocycles. The number of benzene rings is 1. The molecule has 2 heterocycles. The summed E-state index contributed by atoms with van der Waals surface area (Å²) >= 11 is 1.30. The Kier molecular flexibility index (Phi) is 3.91. The van der Waals surface area contributed by atoms with Crippen LogP contribution in [0.15, 0.2) is 18.2 Å². The van der Waals surface area contributed by atoms with Gasteiger partial charge in [-0.25, -0.2) is 0 Å². The number of amides is 1. The summed E-state index contributed by atoms with van der Waals surface area (Å²) < 4.78 is 12.3. The van der Waals surface area contributed by atoms with Gasteiger partial charge in [0.05, 0.1) is 19.9 Å². The molecule has 0 fully saturated rings. The lowest BCUT2D eigenvalue weighted by molar-refractivity contribution is 0.102. The van der Waals surface area contributed by atoms with Crippen molar-refractivity contribution in [3.05, 3.63) is 34.6 Å². The molecular formula is C15H16N4O3S. The standard InChI is InChI=1S/C15H16N4O3S/c1-8-13(23-15-18-17-9(2)19(8)15)14(20)16-11-6-5-10(21-3)7-12(11)22-4/h5-7H,1-4H3,(H,16,20). The fraction of sp³-hybridized carbons (Fsp3) is 0.267. The number of aryl methyl sites for hydroxylation is 2. The van der Waals surface area contributed by atoms with Crippen LogP contribution < -0.4 is 14.8 Å². The van der Waals surface area contributed by atoms with Gasteiger partial charge in [0.15, 0.2) is 0 Å². The Labute approximate surface area is 136 Å². The van der Waals surface area contributed by atoms with Gasteiger partial charge in [-0.3, -0.25) is 9.20 Å². The van der Waals surface area contributed by atoms with Crippen molar-refractivity contribution in [3.8, 4) is 11.5 Å². The van der Waals surface area contributed by atoms with Crippen molar-refractivity contribution < 1.29 is 14.3 Å². The third kappa shape index (κ3) is 2.61. The SMILES string of the molecule is COc1ccc(NC(=O)c2sc3nnc(C)n3c2C)c(OC)c1. The van der Waals surface area contributed by atoms with Crippen molar-refractivity contribution in [2.45, 2.75) is 13.8 Å². The lowest BCUT2D eigenvalue weighted by Crippen LogP contribution is -2.13. The number of methoxy groups -OCH3 is 2. The molecule has 120 valence electrons. The van der Waals surface area contributed by atoms with Gasteiger partial charge in [0.1, 0.15) is 22.2 Å². The van der Waals surface area contributed by atoms with Gasteiger partial charge in [0, 0.05) is 11.8 Å². The normalized spacial score (nSPS) is 10.8. The van der Waals surface area contributed by atoms with Gasteiger partial charge in [-0.05, 0) is 26.0 Å². The fourth-order valence-electron chi connectivity index (χ4n) is 2.35. The number of rotatable bonds is 4. The summed E-state index contributed by atoms with van der Waals surface area (Å²) in [7, 11) is 3.12. The summed E-state index contributed by atoms with van der Waals surface area (Å²) in [5.74, 6) is 1.75. The lowest BCUT2D eigenvalue weighted by Gasteiger charge is -2.11. The van der Waals surface area contributed by atoms with Crippen LogP contribution in [0.1, 0.15) is 21.2 Å². The number of thiazole rings is 1. The Hall–Kier alpha value is -2.61. The van der Waals surface area contributed by atoms with E-state index in [1.54, 1.807) is 32.4 Å². The molecule has 3 rings (SSSR count). The molecule has 23 heavy (non-hydrogen) atoms. The maximum atomic E-state index is 12.6. The first-order chi connectivity index (χ1) is 11.0. The van der Waals surface area contributed by atoms with E-state index in [-0.39, 0.29) is 5.91 Å². The maximum absolute atomic E-state index is 12.6. The number of hydrogen-bond acceptors (Lipinski definition) is 6. The molecule has 1 amide bonds. The Bertz CT molecular complexity index is 884. The van der Waals surface area contributed by atoms with E-state index < -0.39 is 0 Å². The molecule has 0 saturated carbocycles. The molecule has 8 heteroatoms. The number of carbonyl (C=O) groups excluding carboxylic acids is 1. The molecule has 7 nitrogen and oxygen atoms in total. The highest BCUT2D eigenvalue weighted by Gasteiger charge is 2.19. The zero-order valence-electron chi connectivity index (χ0n) is 13.2. The topological polar surface area (TPSA) is 77.8 Å². The highest BCUT2D eigenvalue weighted by atomic mass is 32.1.